The molecule has 5 nitrogen and oxygen atoms in total. The molecule has 1 aromatic rings. The van der Waals surface area contributed by atoms with Crippen molar-refractivity contribution in [2.45, 2.75) is 30.6 Å². The van der Waals surface area contributed by atoms with E-state index in [4.69, 9.17) is 4.74 Å². The fourth-order valence-corrected chi connectivity index (χ4v) is 4.92. The van der Waals surface area contributed by atoms with Gasteiger partial charge in [-0.3, -0.25) is 4.79 Å². The molecule has 2 aliphatic rings. The predicted octanol–water partition coefficient (Wildman–Crippen LogP) is 1.90. The smallest absolute Gasteiger partial charge is 0.329 e. The highest BCUT2D eigenvalue weighted by Gasteiger charge is 2.42. The van der Waals surface area contributed by atoms with Gasteiger partial charge in [-0.1, -0.05) is 0 Å². The number of aryl methyl sites for hydroxylation is 1. The van der Waals surface area contributed by atoms with Gasteiger partial charge in [-0.05, 0) is 23.8 Å². The number of hydrogen-bond acceptors (Lipinski definition) is 5. The van der Waals surface area contributed by atoms with Gasteiger partial charge in [-0.2, -0.15) is 11.8 Å². The number of amides is 1. The van der Waals surface area contributed by atoms with Crippen LogP contribution in [0.1, 0.15) is 33.0 Å². The molecular weight excluding hydrogens is 310 g/mol. The number of carboxylic acids is 1. The van der Waals surface area contributed by atoms with Crippen molar-refractivity contribution in [3.8, 4) is 0 Å². The third-order valence-corrected chi connectivity index (χ3v) is 6.20. The molecule has 2 N–H and O–H groups in total. The van der Waals surface area contributed by atoms with Gasteiger partial charge in [-0.25, -0.2) is 4.79 Å². The van der Waals surface area contributed by atoms with Crippen molar-refractivity contribution in [3.63, 3.8) is 0 Å². The highest BCUT2D eigenvalue weighted by molar-refractivity contribution is 7.98. The Morgan fingerprint density at radius 3 is 2.76 bits per heavy atom. The molecule has 0 aliphatic carbocycles. The highest BCUT2D eigenvalue weighted by Crippen LogP contribution is 2.32. The van der Waals surface area contributed by atoms with E-state index in [1.807, 2.05) is 17.8 Å². The van der Waals surface area contributed by atoms with E-state index in [1.54, 1.807) is 0 Å². The molecule has 0 unspecified atom stereocenters. The van der Waals surface area contributed by atoms with E-state index in [1.165, 1.54) is 21.8 Å². The number of thiophene rings is 1. The van der Waals surface area contributed by atoms with Gasteiger partial charge in [0, 0.05) is 36.7 Å². The molecule has 7 heteroatoms. The molecule has 0 atom stereocenters. The highest BCUT2D eigenvalue weighted by atomic mass is 32.2. The second-order valence-corrected chi connectivity index (χ2v) is 7.56. The van der Waals surface area contributed by atoms with E-state index in [2.05, 4.69) is 5.32 Å². The molecule has 0 radical (unpaired) electrons. The molecule has 3 rings (SSSR count). The van der Waals surface area contributed by atoms with Gasteiger partial charge in [0.15, 0.2) is 0 Å². The molecule has 0 spiro atoms. The van der Waals surface area contributed by atoms with E-state index in [0.717, 1.165) is 17.9 Å². The van der Waals surface area contributed by atoms with Crippen molar-refractivity contribution < 1.29 is 19.4 Å². The van der Waals surface area contributed by atoms with Gasteiger partial charge < -0.3 is 15.2 Å². The summed E-state index contributed by atoms with van der Waals surface area (Å²) in [7, 11) is 0. The van der Waals surface area contributed by atoms with Gasteiger partial charge in [0.1, 0.15) is 5.54 Å². The number of rotatable bonds is 3. The minimum Gasteiger partial charge on any atom is -0.480 e. The molecule has 2 aliphatic heterocycles. The zero-order valence-electron chi connectivity index (χ0n) is 11.5. The van der Waals surface area contributed by atoms with Crippen LogP contribution in [0.4, 0.5) is 0 Å². The Labute approximate surface area is 131 Å². The molecule has 1 fully saturated rings. The number of nitrogens with one attached hydrogen (secondary N) is 1. The van der Waals surface area contributed by atoms with Crippen LogP contribution in [0.15, 0.2) is 6.07 Å². The van der Waals surface area contributed by atoms with E-state index in [-0.39, 0.29) is 5.91 Å². The summed E-state index contributed by atoms with van der Waals surface area (Å²) in [5, 5.41) is 12.2. The fraction of sp³-hybridized carbons (Fsp3) is 0.571. The zero-order valence-corrected chi connectivity index (χ0v) is 13.1. The van der Waals surface area contributed by atoms with E-state index < -0.39 is 11.5 Å². The molecule has 0 saturated carbocycles. The third kappa shape index (κ3) is 2.95. The van der Waals surface area contributed by atoms with Crippen LogP contribution in [0.5, 0.6) is 0 Å². The minimum atomic E-state index is -1.19. The first-order valence-corrected chi connectivity index (χ1v) is 8.91. The summed E-state index contributed by atoms with van der Waals surface area (Å²) >= 11 is 3.36. The van der Waals surface area contributed by atoms with Gasteiger partial charge in [0.2, 0.25) is 0 Å². The zero-order chi connectivity index (χ0) is 14.9. The summed E-state index contributed by atoms with van der Waals surface area (Å²) in [5.41, 5.74) is 0.0342. The number of carbonyl (C=O) groups excluding carboxylic acids is 1. The van der Waals surface area contributed by atoms with Crippen molar-refractivity contribution in [3.05, 3.63) is 21.4 Å². The molecule has 1 saturated heterocycles. The summed E-state index contributed by atoms with van der Waals surface area (Å²) in [5.74, 6) is 0.780. The van der Waals surface area contributed by atoms with E-state index >= 15 is 0 Å². The van der Waals surface area contributed by atoms with Crippen LogP contribution in [0.3, 0.4) is 0 Å². The van der Waals surface area contributed by atoms with Crippen molar-refractivity contribution in [1.29, 1.82) is 0 Å². The standard InChI is InChI=1S/C14H17NO4S2/c16-12(11-7-9-8-20-6-1-10(9)21-11)15-14(13(17)18)2-4-19-5-3-14/h7H,1-6,8H2,(H,15,16)(H,17,18). The van der Waals surface area contributed by atoms with Gasteiger partial charge in [0.25, 0.3) is 5.91 Å². The Hall–Kier alpha value is -1.05. The van der Waals surface area contributed by atoms with Crippen LogP contribution in [0.2, 0.25) is 0 Å². The number of aliphatic carboxylic acids is 1. The molecule has 1 aromatic heterocycles. The van der Waals surface area contributed by atoms with Crippen LogP contribution in [-0.2, 0) is 21.7 Å². The fourth-order valence-electron chi connectivity index (χ4n) is 2.65. The third-order valence-electron chi connectivity index (χ3n) is 3.96. The first kappa shape index (κ1) is 14.9. The summed E-state index contributed by atoms with van der Waals surface area (Å²) in [4.78, 5) is 25.9. The van der Waals surface area contributed by atoms with Crippen LogP contribution < -0.4 is 5.32 Å². The van der Waals surface area contributed by atoms with Crippen LogP contribution >= 0.6 is 23.1 Å². The number of fused-ring (bicyclic) bond motifs is 1. The summed E-state index contributed by atoms with van der Waals surface area (Å²) < 4.78 is 5.21. The average molecular weight is 327 g/mol. The maximum atomic E-state index is 12.4. The molecule has 3 heterocycles. The number of carbonyl (C=O) groups is 2. The number of ether oxygens (including phenoxy) is 1. The monoisotopic (exact) mass is 327 g/mol. The Balaban J connectivity index is 1.78. The lowest BCUT2D eigenvalue weighted by Crippen LogP contribution is -2.57. The van der Waals surface area contributed by atoms with E-state index in [9.17, 15) is 14.7 Å². The first-order valence-electron chi connectivity index (χ1n) is 6.94. The van der Waals surface area contributed by atoms with E-state index in [0.29, 0.717) is 30.9 Å². The SMILES string of the molecule is O=C(NC1(C(=O)O)CCOCC1)c1cc2c(s1)CCSC2. The average Bonchev–Trinajstić information content (AvgIpc) is 2.92. The lowest BCUT2D eigenvalue weighted by Gasteiger charge is -2.33. The normalized spacial score (nSPS) is 20.6. The maximum Gasteiger partial charge on any atom is 0.329 e. The summed E-state index contributed by atoms with van der Waals surface area (Å²) in [6.07, 6.45) is 1.62. The summed E-state index contributed by atoms with van der Waals surface area (Å²) in [6.45, 7) is 0.730. The minimum absolute atomic E-state index is 0.274. The summed E-state index contributed by atoms with van der Waals surface area (Å²) in [6, 6.07) is 1.91. The lowest BCUT2D eigenvalue weighted by molar-refractivity contribution is -0.148. The van der Waals surface area contributed by atoms with Gasteiger partial charge in [0.05, 0.1) is 4.88 Å². The second kappa shape index (κ2) is 5.98. The molecule has 114 valence electrons. The quantitative estimate of drug-likeness (QED) is 0.887. The number of thioether (sulfide) groups is 1. The Bertz CT molecular complexity index is 540. The Morgan fingerprint density at radius 1 is 1.33 bits per heavy atom. The van der Waals surface area contributed by atoms with Crippen molar-refractivity contribution in [1.82, 2.24) is 5.32 Å². The molecule has 0 bridgehead atoms. The number of carboxylic acid groups (broad SMARTS) is 1. The van der Waals surface area contributed by atoms with Crippen LogP contribution in [0, 0.1) is 0 Å². The topological polar surface area (TPSA) is 75.6 Å². The Morgan fingerprint density at radius 2 is 2.10 bits per heavy atom. The molecule has 21 heavy (non-hydrogen) atoms. The molecule has 0 aromatic carbocycles. The Kier molecular flexibility index (Phi) is 4.24. The van der Waals surface area contributed by atoms with Crippen molar-refractivity contribution >= 4 is 35.0 Å². The largest absolute Gasteiger partial charge is 0.480 e. The van der Waals surface area contributed by atoms with Gasteiger partial charge >= 0.3 is 5.97 Å². The molecular formula is C14H17NO4S2. The van der Waals surface area contributed by atoms with Gasteiger partial charge in [-0.15, -0.1) is 11.3 Å². The van der Waals surface area contributed by atoms with Crippen molar-refractivity contribution in [2.24, 2.45) is 0 Å². The predicted molar refractivity (Wildman–Crippen MR) is 82.1 cm³/mol. The first-order chi connectivity index (χ1) is 10.1. The molecule has 1 amide bonds. The number of hydrogen-bond donors (Lipinski definition) is 2. The lowest BCUT2D eigenvalue weighted by atomic mass is 9.90. The second-order valence-electron chi connectivity index (χ2n) is 5.32. The van der Waals surface area contributed by atoms with Crippen LogP contribution in [0.25, 0.3) is 0 Å². The van der Waals surface area contributed by atoms with Crippen LogP contribution in [-0.4, -0.2) is 41.5 Å². The maximum absolute atomic E-state index is 12.4. The van der Waals surface area contributed by atoms with Crippen molar-refractivity contribution in [2.75, 3.05) is 19.0 Å².